The Labute approximate surface area is 90.1 Å². The van der Waals surface area contributed by atoms with E-state index in [1.807, 2.05) is 18.2 Å². The molecule has 0 amide bonds. The first kappa shape index (κ1) is 11.7. The van der Waals surface area contributed by atoms with Gasteiger partial charge in [0.1, 0.15) is 0 Å². The van der Waals surface area contributed by atoms with Crippen LogP contribution in [0.2, 0.25) is 0 Å². The Balaban J connectivity index is 2.37. The summed E-state index contributed by atoms with van der Waals surface area (Å²) < 4.78 is 0. The first-order valence-electron chi connectivity index (χ1n) is 5.15. The number of hydrogen-bond acceptors (Lipinski definition) is 2. The summed E-state index contributed by atoms with van der Waals surface area (Å²) in [4.78, 5) is 10.5. The molecule has 15 heavy (non-hydrogen) atoms. The highest BCUT2D eigenvalue weighted by molar-refractivity contribution is 5.67. The van der Waals surface area contributed by atoms with Crippen molar-refractivity contribution in [3.05, 3.63) is 35.9 Å². The lowest BCUT2D eigenvalue weighted by atomic mass is 10.0. The summed E-state index contributed by atoms with van der Waals surface area (Å²) in [6.07, 6.45) is 1.95. The first-order valence-corrected chi connectivity index (χ1v) is 5.15. The van der Waals surface area contributed by atoms with Crippen LogP contribution in [0.1, 0.15) is 18.4 Å². The van der Waals surface area contributed by atoms with E-state index < -0.39 is 5.97 Å². The summed E-state index contributed by atoms with van der Waals surface area (Å²) in [6.45, 7) is 0. The van der Waals surface area contributed by atoms with Crippen LogP contribution < -0.4 is 5.32 Å². The standard InChI is InChI=1S/C12H17NO2/c1-13-11(9-12(14)15)8-7-10-5-3-2-4-6-10/h2-6,11,13H,7-9H2,1H3,(H,14,15). The quantitative estimate of drug-likeness (QED) is 0.746. The lowest BCUT2D eigenvalue weighted by Crippen LogP contribution is -2.28. The molecule has 82 valence electrons. The van der Waals surface area contributed by atoms with Gasteiger partial charge < -0.3 is 10.4 Å². The maximum atomic E-state index is 10.5. The van der Waals surface area contributed by atoms with Gasteiger partial charge in [0.2, 0.25) is 0 Å². The average molecular weight is 207 g/mol. The Morgan fingerprint density at radius 3 is 2.60 bits per heavy atom. The molecule has 3 nitrogen and oxygen atoms in total. The second-order valence-corrected chi connectivity index (χ2v) is 3.61. The maximum Gasteiger partial charge on any atom is 0.304 e. The first-order chi connectivity index (χ1) is 7.22. The molecule has 0 aliphatic rings. The van der Waals surface area contributed by atoms with E-state index in [9.17, 15) is 4.79 Å². The molecule has 1 atom stereocenters. The van der Waals surface area contributed by atoms with Crippen LogP contribution in [0.15, 0.2) is 30.3 Å². The molecule has 0 bridgehead atoms. The average Bonchev–Trinajstić information content (AvgIpc) is 2.25. The fourth-order valence-electron chi connectivity index (χ4n) is 1.54. The lowest BCUT2D eigenvalue weighted by Gasteiger charge is -2.13. The molecule has 2 N–H and O–H groups in total. The fraction of sp³-hybridized carbons (Fsp3) is 0.417. The monoisotopic (exact) mass is 207 g/mol. The number of rotatable bonds is 6. The van der Waals surface area contributed by atoms with Gasteiger partial charge in [0.05, 0.1) is 6.42 Å². The molecule has 0 radical (unpaired) electrons. The smallest absolute Gasteiger partial charge is 0.304 e. The predicted molar refractivity (Wildman–Crippen MR) is 59.9 cm³/mol. The third kappa shape index (κ3) is 4.61. The van der Waals surface area contributed by atoms with E-state index in [2.05, 4.69) is 17.4 Å². The number of carbonyl (C=O) groups is 1. The highest BCUT2D eigenvalue weighted by Gasteiger charge is 2.10. The van der Waals surface area contributed by atoms with E-state index in [1.165, 1.54) is 5.56 Å². The summed E-state index contributed by atoms with van der Waals surface area (Å²) in [5, 5.41) is 11.7. The van der Waals surface area contributed by atoms with Crippen molar-refractivity contribution >= 4 is 5.97 Å². The van der Waals surface area contributed by atoms with Gasteiger partial charge in [-0.3, -0.25) is 4.79 Å². The van der Waals surface area contributed by atoms with Crippen molar-refractivity contribution in [1.29, 1.82) is 0 Å². The molecular weight excluding hydrogens is 190 g/mol. The van der Waals surface area contributed by atoms with Crippen molar-refractivity contribution < 1.29 is 9.90 Å². The molecule has 1 aromatic rings. The zero-order chi connectivity index (χ0) is 11.1. The topological polar surface area (TPSA) is 49.3 Å². The molecule has 0 heterocycles. The third-order valence-electron chi connectivity index (χ3n) is 2.45. The van der Waals surface area contributed by atoms with Gasteiger partial charge in [0, 0.05) is 6.04 Å². The largest absolute Gasteiger partial charge is 0.481 e. The van der Waals surface area contributed by atoms with Crippen molar-refractivity contribution in [1.82, 2.24) is 5.32 Å². The van der Waals surface area contributed by atoms with Gasteiger partial charge in [-0.05, 0) is 25.5 Å². The lowest BCUT2D eigenvalue weighted by molar-refractivity contribution is -0.137. The molecule has 1 unspecified atom stereocenters. The van der Waals surface area contributed by atoms with Crippen molar-refractivity contribution in [2.45, 2.75) is 25.3 Å². The van der Waals surface area contributed by atoms with Gasteiger partial charge in [-0.2, -0.15) is 0 Å². The minimum Gasteiger partial charge on any atom is -0.481 e. The summed E-state index contributed by atoms with van der Waals surface area (Å²) in [5.74, 6) is -0.748. The van der Waals surface area contributed by atoms with Crippen LogP contribution in [-0.4, -0.2) is 24.2 Å². The minimum absolute atomic E-state index is 0.0581. The molecule has 0 aliphatic carbocycles. The second-order valence-electron chi connectivity index (χ2n) is 3.61. The van der Waals surface area contributed by atoms with Crippen molar-refractivity contribution in [2.24, 2.45) is 0 Å². The summed E-state index contributed by atoms with van der Waals surface area (Å²) >= 11 is 0. The zero-order valence-electron chi connectivity index (χ0n) is 8.94. The van der Waals surface area contributed by atoms with Crippen LogP contribution in [0.3, 0.4) is 0 Å². The summed E-state index contributed by atoms with van der Waals surface area (Å²) in [6, 6.07) is 10.2. The molecule has 0 saturated heterocycles. The van der Waals surface area contributed by atoms with Crippen LogP contribution in [0.5, 0.6) is 0 Å². The Hall–Kier alpha value is -1.35. The van der Waals surface area contributed by atoms with Crippen LogP contribution in [0.25, 0.3) is 0 Å². The minimum atomic E-state index is -0.748. The van der Waals surface area contributed by atoms with E-state index in [4.69, 9.17) is 5.11 Å². The van der Waals surface area contributed by atoms with Crippen molar-refractivity contribution in [3.63, 3.8) is 0 Å². The Bertz CT molecular complexity index is 298. The second kappa shape index (κ2) is 6.19. The van der Waals surface area contributed by atoms with Gasteiger partial charge in [0.15, 0.2) is 0 Å². The highest BCUT2D eigenvalue weighted by Crippen LogP contribution is 2.06. The van der Waals surface area contributed by atoms with Gasteiger partial charge >= 0.3 is 5.97 Å². The maximum absolute atomic E-state index is 10.5. The van der Waals surface area contributed by atoms with Crippen LogP contribution >= 0.6 is 0 Å². The van der Waals surface area contributed by atoms with Crippen LogP contribution in [-0.2, 0) is 11.2 Å². The Kier molecular flexibility index (Phi) is 4.84. The Morgan fingerprint density at radius 2 is 2.07 bits per heavy atom. The summed E-state index contributed by atoms with van der Waals surface area (Å²) in [5.41, 5.74) is 1.25. The van der Waals surface area contributed by atoms with Crippen molar-refractivity contribution in [3.8, 4) is 0 Å². The van der Waals surface area contributed by atoms with Gasteiger partial charge in [-0.15, -0.1) is 0 Å². The molecular formula is C12H17NO2. The molecule has 0 spiro atoms. The fourth-order valence-corrected chi connectivity index (χ4v) is 1.54. The molecule has 0 fully saturated rings. The van der Waals surface area contributed by atoms with Gasteiger partial charge in [-0.1, -0.05) is 30.3 Å². The van der Waals surface area contributed by atoms with E-state index in [0.717, 1.165) is 12.8 Å². The summed E-state index contributed by atoms with van der Waals surface area (Å²) in [7, 11) is 1.80. The molecule has 1 rings (SSSR count). The van der Waals surface area contributed by atoms with Crippen molar-refractivity contribution in [2.75, 3.05) is 7.05 Å². The highest BCUT2D eigenvalue weighted by atomic mass is 16.4. The molecule has 1 aromatic carbocycles. The van der Waals surface area contributed by atoms with E-state index in [1.54, 1.807) is 7.05 Å². The van der Waals surface area contributed by atoms with E-state index >= 15 is 0 Å². The molecule has 0 aliphatic heterocycles. The Morgan fingerprint density at radius 1 is 1.40 bits per heavy atom. The number of aryl methyl sites for hydroxylation is 1. The number of benzene rings is 1. The van der Waals surface area contributed by atoms with E-state index in [-0.39, 0.29) is 12.5 Å². The molecule has 0 saturated carbocycles. The van der Waals surface area contributed by atoms with Crippen LogP contribution in [0, 0.1) is 0 Å². The number of hydrogen-bond donors (Lipinski definition) is 2. The molecule has 0 aromatic heterocycles. The zero-order valence-corrected chi connectivity index (χ0v) is 8.94. The number of carboxylic acids is 1. The normalized spacial score (nSPS) is 12.3. The number of carboxylic acid groups (broad SMARTS) is 1. The van der Waals surface area contributed by atoms with E-state index in [0.29, 0.717) is 0 Å². The SMILES string of the molecule is CNC(CCc1ccccc1)CC(=O)O. The number of aliphatic carboxylic acids is 1. The predicted octanol–water partition coefficient (Wildman–Crippen LogP) is 1.68. The van der Waals surface area contributed by atoms with Gasteiger partial charge in [0.25, 0.3) is 0 Å². The number of nitrogens with one attached hydrogen (secondary N) is 1. The molecule has 3 heteroatoms. The van der Waals surface area contributed by atoms with Gasteiger partial charge in [-0.25, -0.2) is 0 Å². The third-order valence-corrected chi connectivity index (χ3v) is 2.45. The van der Waals surface area contributed by atoms with Crippen LogP contribution in [0.4, 0.5) is 0 Å².